The number of benzene rings is 1. The largest absolute Gasteiger partial charge is 0.379 e. The van der Waals surface area contributed by atoms with E-state index >= 15 is 0 Å². The number of likely N-dealkylation sites (tertiary alicyclic amines) is 1. The van der Waals surface area contributed by atoms with Crippen molar-refractivity contribution in [3.8, 4) is 0 Å². The number of halogens is 1. The molecule has 2 aliphatic rings. The van der Waals surface area contributed by atoms with E-state index in [0.717, 1.165) is 49.4 Å². The average molecular weight is 383 g/mol. The van der Waals surface area contributed by atoms with Gasteiger partial charge in [-0.05, 0) is 42.7 Å². The third kappa shape index (κ3) is 4.56. The van der Waals surface area contributed by atoms with Gasteiger partial charge in [-0.25, -0.2) is 4.39 Å². The Bertz CT molecular complexity index is 806. The summed E-state index contributed by atoms with van der Waals surface area (Å²) in [6, 6.07) is 12.6. The van der Waals surface area contributed by atoms with E-state index in [1.807, 2.05) is 23.1 Å². The Morgan fingerprint density at radius 1 is 1.11 bits per heavy atom. The number of hydrogen-bond acceptors (Lipinski definition) is 4. The van der Waals surface area contributed by atoms with Crippen LogP contribution >= 0.6 is 0 Å². The first-order chi connectivity index (χ1) is 13.7. The molecule has 4 rings (SSSR count). The molecule has 0 bridgehead atoms. The van der Waals surface area contributed by atoms with Gasteiger partial charge in [0.15, 0.2) is 0 Å². The molecule has 1 aromatic carbocycles. The molecular weight excluding hydrogens is 357 g/mol. The van der Waals surface area contributed by atoms with Crippen molar-refractivity contribution in [3.05, 3.63) is 65.2 Å². The maximum atomic E-state index is 13.1. The van der Waals surface area contributed by atoms with Gasteiger partial charge in [-0.1, -0.05) is 18.2 Å². The molecule has 0 spiro atoms. The third-order valence-corrected chi connectivity index (χ3v) is 5.50. The van der Waals surface area contributed by atoms with E-state index < -0.39 is 0 Å². The first-order valence-corrected chi connectivity index (χ1v) is 9.99. The Balaban J connectivity index is 1.44. The molecule has 0 unspecified atom stereocenters. The molecule has 3 heterocycles. The van der Waals surface area contributed by atoms with Crippen LogP contribution in [0.4, 0.5) is 4.39 Å². The van der Waals surface area contributed by atoms with Gasteiger partial charge >= 0.3 is 0 Å². The topological polar surface area (TPSA) is 45.7 Å². The highest BCUT2D eigenvalue weighted by Crippen LogP contribution is 2.31. The maximum absolute atomic E-state index is 13.1. The Morgan fingerprint density at radius 3 is 2.68 bits per heavy atom. The molecule has 1 aromatic heterocycles. The van der Waals surface area contributed by atoms with Crippen molar-refractivity contribution in [1.29, 1.82) is 0 Å². The highest BCUT2D eigenvalue weighted by Gasteiger charge is 2.31. The van der Waals surface area contributed by atoms with Crippen LogP contribution in [0.1, 0.15) is 35.8 Å². The number of rotatable bonds is 5. The standard InChI is InChI=1S/C22H26FN3O2/c23-18-8-6-17(7-9-18)15-19-3-1-4-20(24-19)21-5-2-10-26(21)22(27)16-25-11-13-28-14-12-25/h1,3-4,6-9,21H,2,5,10-16H2/t21-/m1/s1. The van der Waals surface area contributed by atoms with Crippen LogP contribution in [0.25, 0.3) is 0 Å². The molecule has 0 radical (unpaired) electrons. The number of hydrogen-bond donors (Lipinski definition) is 0. The van der Waals surface area contributed by atoms with Crippen molar-refractivity contribution in [2.75, 3.05) is 39.4 Å². The van der Waals surface area contributed by atoms with Crippen molar-refractivity contribution in [3.63, 3.8) is 0 Å². The second kappa shape index (κ2) is 8.80. The van der Waals surface area contributed by atoms with Crippen molar-refractivity contribution in [2.24, 2.45) is 0 Å². The van der Waals surface area contributed by atoms with Gasteiger partial charge in [0.2, 0.25) is 5.91 Å². The lowest BCUT2D eigenvalue weighted by Gasteiger charge is -2.30. The summed E-state index contributed by atoms with van der Waals surface area (Å²) in [5.74, 6) is -0.0547. The van der Waals surface area contributed by atoms with E-state index in [0.29, 0.717) is 26.2 Å². The predicted octanol–water partition coefficient (Wildman–Crippen LogP) is 2.81. The molecule has 0 N–H and O–H groups in total. The smallest absolute Gasteiger partial charge is 0.237 e. The van der Waals surface area contributed by atoms with Crippen LogP contribution in [0, 0.1) is 5.82 Å². The SMILES string of the molecule is O=C(CN1CCOCC1)N1CCC[C@@H]1c1cccc(Cc2ccc(F)cc2)n1. The van der Waals surface area contributed by atoms with Crippen LogP contribution in [0.2, 0.25) is 0 Å². The van der Waals surface area contributed by atoms with Crippen LogP contribution in [0.3, 0.4) is 0 Å². The first-order valence-electron chi connectivity index (χ1n) is 9.99. The minimum atomic E-state index is -0.231. The Hall–Kier alpha value is -2.31. The number of amides is 1. The van der Waals surface area contributed by atoms with Gasteiger partial charge in [-0.2, -0.15) is 0 Å². The summed E-state index contributed by atoms with van der Waals surface area (Å²) in [6.07, 6.45) is 2.60. The minimum Gasteiger partial charge on any atom is -0.379 e. The molecule has 1 amide bonds. The van der Waals surface area contributed by atoms with Gasteiger partial charge < -0.3 is 9.64 Å². The predicted molar refractivity (Wildman–Crippen MR) is 104 cm³/mol. The van der Waals surface area contributed by atoms with E-state index in [1.165, 1.54) is 12.1 Å². The van der Waals surface area contributed by atoms with Crippen molar-refractivity contribution in [1.82, 2.24) is 14.8 Å². The zero-order valence-corrected chi connectivity index (χ0v) is 16.0. The molecule has 1 atom stereocenters. The molecule has 6 heteroatoms. The van der Waals surface area contributed by atoms with E-state index in [4.69, 9.17) is 9.72 Å². The molecule has 2 aliphatic heterocycles. The molecule has 2 aromatic rings. The van der Waals surface area contributed by atoms with E-state index in [9.17, 15) is 9.18 Å². The zero-order chi connectivity index (χ0) is 19.3. The Labute approximate surface area is 165 Å². The highest BCUT2D eigenvalue weighted by atomic mass is 19.1. The fourth-order valence-electron chi connectivity index (χ4n) is 4.01. The number of pyridine rings is 1. The molecule has 0 aliphatic carbocycles. The number of morpholine rings is 1. The molecular formula is C22H26FN3O2. The fraction of sp³-hybridized carbons (Fsp3) is 0.455. The number of carbonyl (C=O) groups excluding carboxylic acids is 1. The van der Waals surface area contributed by atoms with Gasteiger partial charge in [-0.3, -0.25) is 14.7 Å². The summed E-state index contributed by atoms with van der Waals surface area (Å²) in [4.78, 5) is 21.9. The molecule has 28 heavy (non-hydrogen) atoms. The Morgan fingerprint density at radius 2 is 1.89 bits per heavy atom. The summed E-state index contributed by atoms with van der Waals surface area (Å²) < 4.78 is 18.5. The second-order valence-corrected chi connectivity index (χ2v) is 7.49. The minimum absolute atomic E-state index is 0.0432. The number of carbonyl (C=O) groups is 1. The molecule has 0 saturated carbocycles. The molecule has 148 valence electrons. The summed E-state index contributed by atoms with van der Waals surface area (Å²) in [6.45, 7) is 4.27. The quantitative estimate of drug-likeness (QED) is 0.797. The van der Waals surface area contributed by atoms with Crippen molar-refractivity contribution >= 4 is 5.91 Å². The van der Waals surface area contributed by atoms with Crippen LogP contribution in [-0.2, 0) is 16.0 Å². The first kappa shape index (κ1) is 19.0. The lowest BCUT2D eigenvalue weighted by atomic mass is 10.1. The lowest BCUT2D eigenvalue weighted by Crippen LogP contribution is -2.44. The summed E-state index contributed by atoms with van der Waals surface area (Å²) in [5, 5.41) is 0. The molecule has 2 fully saturated rings. The number of nitrogens with zero attached hydrogens (tertiary/aromatic N) is 3. The van der Waals surface area contributed by atoms with Crippen LogP contribution in [0.5, 0.6) is 0 Å². The van der Waals surface area contributed by atoms with Gasteiger partial charge in [-0.15, -0.1) is 0 Å². The van der Waals surface area contributed by atoms with Gasteiger partial charge in [0.25, 0.3) is 0 Å². The van der Waals surface area contributed by atoms with Crippen molar-refractivity contribution in [2.45, 2.75) is 25.3 Å². The highest BCUT2D eigenvalue weighted by molar-refractivity contribution is 5.79. The molecule has 2 saturated heterocycles. The second-order valence-electron chi connectivity index (χ2n) is 7.49. The van der Waals surface area contributed by atoms with Crippen molar-refractivity contribution < 1.29 is 13.9 Å². The molecule has 5 nitrogen and oxygen atoms in total. The van der Waals surface area contributed by atoms with E-state index in [-0.39, 0.29) is 17.8 Å². The average Bonchev–Trinajstić information content (AvgIpc) is 3.21. The summed E-state index contributed by atoms with van der Waals surface area (Å²) in [7, 11) is 0. The van der Waals surface area contributed by atoms with Crippen LogP contribution in [-0.4, -0.2) is 60.1 Å². The van der Waals surface area contributed by atoms with E-state index in [2.05, 4.69) is 4.90 Å². The fourth-order valence-corrected chi connectivity index (χ4v) is 4.01. The van der Waals surface area contributed by atoms with Gasteiger partial charge in [0, 0.05) is 31.7 Å². The van der Waals surface area contributed by atoms with Crippen LogP contribution in [0.15, 0.2) is 42.5 Å². The van der Waals surface area contributed by atoms with Gasteiger partial charge in [0.05, 0.1) is 31.5 Å². The van der Waals surface area contributed by atoms with Gasteiger partial charge in [0.1, 0.15) is 5.82 Å². The third-order valence-electron chi connectivity index (χ3n) is 5.50. The number of ether oxygens (including phenoxy) is 1. The van der Waals surface area contributed by atoms with E-state index in [1.54, 1.807) is 12.1 Å². The maximum Gasteiger partial charge on any atom is 0.237 e. The van der Waals surface area contributed by atoms with Crippen LogP contribution < -0.4 is 0 Å². The Kier molecular flexibility index (Phi) is 5.98. The summed E-state index contributed by atoms with van der Waals surface area (Å²) >= 11 is 0. The monoisotopic (exact) mass is 383 g/mol. The zero-order valence-electron chi connectivity index (χ0n) is 16.0. The summed E-state index contributed by atoms with van der Waals surface area (Å²) in [5.41, 5.74) is 2.92. The lowest BCUT2D eigenvalue weighted by molar-refractivity contribution is -0.134. The number of aromatic nitrogens is 1. The normalized spacial score (nSPS) is 20.5.